The highest BCUT2D eigenvalue weighted by Gasteiger charge is 2.12. The smallest absolute Gasteiger partial charge is 0.355 e. The third-order valence-corrected chi connectivity index (χ3v) is 2.42. The first-order valence-electron chi connectivity index (χ1n) is 4.42. The summed E-state index contributed by atoms with van der Waals surface area (Å²) in [6.07, 6.45) is 3.18. The Labute approximate surface area is 91.3 Å². The van der Waals surface area contributed by atoms with E-state index >= 15 is 0 Å². The van der Waals surface area contributed by atoms with E-state index in [1.165, 1.54) is 11.5 Å². The van der Waals surface area contributed by atoms with Gasteiger partial charge in [-0.15, -0.1) is 11.3 Å². The summed E-state index contributed by atoms with van der Waals surface area (Å²) in [5, 5.41) is 10.2. The van der Waals surface area contributed by atoms with Gasteiger partial charge in [-0.2, -0.15) is 0 Å². The molecule has 0 atom stereocenters. The van der Waals surface area contributed by atoms with Gasteiger partial charge in [0, 0.05) is 5.38 Å². The summed E-state index contributed by atoms with van der Waals surface area (Å²) in [6, 6.07) is 0. The molecule has 0 fully saturated rings. The van der Waals surface area contributed by atoms with E-state index in [-0.39, 0.29) is 22.4 Å². The highest BCUT2D eigenvalue weighted by molar-refractivity contribution is 7.12. The Morgan fingerprint density at radius 3 is 2.67 bits per heavy atom. The van der Waals surface area contributed by atoms with Crippen molar-refractivity contribution in [3.63, 3.8) is 0 Å². The maximum Gasteiger partial charge on any atom is 0.355 e. The Morgan fingerprint density at radius 2 is 2.20 bits per heavy atom. The molecule has 0 aliphatic heterocycles. The minimum Gasteiger partial charge on any atom is -0.476 e. The average molecular weight is 225 g/mol. The Morgan fingerprint density at radius 1 is 1.53 bits per heavy atom. The van der Waals surface area contributed by atoms with Crippen LogP contribution in [-0.4, -0.2) is 21.8 Å². The minimum atomic E-state index is -1.11. The van der Waals surface area contributed by atoms with E-state index in [1.807, 2.05) is 13.8 Å². The second-order valence-electron chi connectivity index (χ2n) is 3.31. The predicted molar refractivity (Wildman–Crippen MR) is 57.4 cm³/mol. The Bertz CT molecular complexity index is 407. The summed E-state index contributed by atoms with van der Waals surface area (Å²) in [6.45, 7) is 3.91. The first-order valence-corrected chi connectivity index (χ1v) is 5.30. The summed E-state index contributed by atoms with van der Waals surface area (Å²) in [5.74, 6) is -1.08. The summed E-state index contributed by atoms with van der Waals surface area (Å²) < 4.78 is 0. The number of carboxylic acids is 1. The van der Waals surface area contributed by atoms with Gasteiger partial charge < -0.3 is 5.11 Å². The zero-order valence-corrected chi connectivity index (χ0v) is 9.25. The van der Waals surface area contributed by atoms with Gasteiger partial charge >= 0.3 is 5.97 Å². The number of thiazole rings is 1. The lowest BCUT2D eigenvalue weighted by molar-refractivity contribution is 0.0691. The number of carboxylic acid groups (broad SMARTS) is 1. The third-order valence-electron chi connectivity index (χ3n) is 1.57. The normalized spacial score (nSPS) is 11.1. The molecule has 0 radical (unpaired) electrons. The van der Waals surface area contributed by atoms with Gasteiger partial charge in [0.25, 0.3) is 0 Å². The molecule has 1 N–H and O–H groups in total. The molecule has 1 heterocycles. The molecule has 0 bridgehead atoms. The zero-order chi connectivity index (χ0) is 11.4. The second kappa shape index (κ2) is 4.84. The van der Waals surface area contributed by atoms with E-state index < -0.39 is 5.97 Å². The Kier molecular flexibility index (Phi) is 3.74. The number of rotatable bonds is 4. The van der Waals surface area contributed by atoms with Crippen molar-refractivity contribution in [2.75, 3.05) is 0 Å². The first-order chi connectivity index (χ1) is 7.00. The minimum absolute atomic E-state index is 0.0821. The van der Waals surface area contributed by atoms with Crippen LogP contribution in [0.1, 0.15) is 34.1 Å². The van der Waals surface area contributed by atoms with Crippen LogP contribution in [-0.2, 0) is 0 Å². The van der Waals surface area contributed by atoms with Crippen molar-refractivity contribution in [2.45, 2.75) is 13.8 Å². The van der Waals surface area contributed by atoms with Crippen LogP contribution >= 0.6 is 11.3 Å². The number of aromatic nitrogens is 1. The fourth-order valence-electron chi connectivity index (χ4n) is 0.836. The topological polar surface area (TPSA) is 67.3 Å². The highest BCUT2D eigenvalue weighted by Crippen LogP contribution is 2.11. The van der Waals surface area contributed by atoms with Gasteiger partial charge in [-0.25, -0.2) is 9.78 Å². The molecule has 0 saturated heterocycles. The summed E-state index contributed by atoms with van der Waals surface area (Å²) >= 11 is 1.04. The van der Waals surface area contributed by atoms with Crippen LogP contribution in [0.5, 0.6) is 0 Å². The lowest BCUT2D eigenvalue weighted by Crippen LogP contribution is -1.99. The van der Waals surface area contributed by atoms with Gasteiger partial charge in [0.2, 0.25) is 5.78 Å². The van der Waals surface area contributed by atoms with E-state index in [0.29, 0.717) is 0 Å². The van der Waals surface area contributed by atoms with Gasteiger partial charge in [-0.05, 0) is 12.0 Å². The molecule has 5 heteroatoms. The van der Waals surface area contributed by atoms with Gasteiger partial charge in [-0.1, -0.05) is 19.9 Å². The quantitative estimate of drug-likeness (QED) is 0.630. The van der Waals surface area contributed by atoms with Crippen LogP contribution in [0.15, 0.2) is 17.5 Å². The van der Waals surface area contributed by atoms with Crippen LogP contribution in [0.2, 0.25) is 0 Å². The highest BCUT2D eigenvalue weighted by atomic mass is 32.1. The third kappa shape index (κ3) is 3.28. The maximum atomic E-state index is 11.5. The molecule has 0 unspecified atom stereocenters. The molecule has 15 heavy (non-hydrogen) atoms. The summed E-state index contributed by atoms with van der Waals surface area (Å²) in [4.78, 5) is 25.7. The monoisotopic (exact) mass is 225 g/mol. The van der Waals surface area contributed by atoms with Crippen LogP contribution in [0, 0.1) is 5.92 Å². The van der Waals surface area contributed by atoms with Crippen molar-refractivity contribution in [3.8, 4) is 0 Å². The molecule has 1 rings (SSSR count). The van der Waals surface area contributed by atoms with Crippen molar-refractivity contribution in [1.82, 2.24) is 4.98 Å². The van der Waals surface area contributed by atoms with Crippen molar-refractivity contribution < 1.29 is 14.7 Å². The lowest BCUT2D eigenvalue weighted by Gasteiger charge is -1.91. The Balaban J connectivity index is 2.79. The average Bonchev–Trinajstić information content (AvgIpc) is 2.62. The predicted octanol–water partition coefficient (Wildman–Crippen LogP) is 2.24. The standard InChI is InChI=1S/C10H11NO3S/c1-6(2)3-4-8(12)9-11-7(5-15-9)10(13)14/h3-6H,1-2H3,(H,13,14). The number of hydrogen-bond acceptors (Lipinski definition) is 4. The molecule has 80 valence electrons. The van der Waals surface area contributed by atoms with E-state index in [1.54, 1.807) is 6.08 Å². The first kappa shape index (κ1) is 11.6. The van der Waals surface area contributed by atoms with Crippen molar-refractivity contribution >= 4 is 23.1 Å². The maximum absolute atomic E-state index is 11.5. The van der Waals surface area contributed by atoms with Crippen molar-refractivity contribution in [3.05, 3.63) is 28.2 Å². The van der Waals surface area contributed by atoms with Gasteiger partial charge in [0.1, 0.15) is 0 Å². The Hall–Kier alpha value is -1.49. The number of allylic oxidation sites excluding steroid dienone is 2. The lowest BCUT2D eigenvalue weighted by atomic mass is 10.2. The van der Waals surface area contributed by atoms with Crippen LogP contribution in [0.25, 0.3) is 0 Å². The molecule has 4 nitrogen and oxygen atoms in total. The van der Waals surface area contributed by atoms with E-state index in [9.17, 15) is 9.59 Å². The van der Waals surface area contributed by atoms with E-state index in [0.717, 1.165) is 11.3 Å². The van der Waals surface area contributed by atoms with E-state index in [2.05, 4.69) is 4.98 Å². The molecular formula is C10H11NO3S. The largest absolute Gasteiger partial charge is 0.476 e. The number of nitrogens with zero attached hydrogens (tertiary/aromatic N) is 1. The molecule has 1 aromatic rings. The number of ketones is 1. The van der Waals surface area contributed by atoms with Gasteiger partial charge in [0.15, 0.2) is 10.7 Å². The van der Waals surface area contributed by atoms with Crippen LogP contribution < -0.4 is 0 Å². The molecule has 0 aliphatic rings. The summed E-state index contributed by atoms with van der Waals surface area (Å²) in [5.41, 5.74) is -0.0821. The number of aromatic carboxylic acids is 1. The molecule has 0 spiro atoms. The zero-order valence-electron chi connectivity index (χ0n) is 8.43. The second-order valence-corrected chi connectivity index (χ2v) is 4.17. The van der Waals surface area contributed by atoms with Gasteiger partial charge in [-0.3, -0.25) is 4.79 Å². The molecule has 0 amide bonds. The van der Waals surface area contributed by atoms with Crippen molar-refractivity contribution in [1.29, 1.82) is 0 Å². The fraction of sp³-hybridized carbons (Fsp3) is 0.300. The molecule has 0 aliphatic carbocycles. The molecule has 0 aromatic carbocycles. The fourth-order valence-corrected chi connectivity index (χ4v) is 1.55. The SMILES string of the molecule is CC(C)C=CC(=O)c1nc(C(=O)O)cs1. The summed E-state index contributed by atoms with van der Waals surface area (Å²) in [7, 11) is 0. The number of carbonyl (C=O) groups is 2. The van der Waals surface area contributed by atoms with Crippen molar-refractivity contribution in [2.24, 2.45) is 5.92 Å². The van der Waals surface area contributed by atoms with Crippen LogP contribution in [0.3, 0.4) is 0 Å². The number of hydrogen-bond donors (Lipinski definition) is 1. The van der Waals surface area contributed by atoms with Crippen LogP contribution in [0.4, 0.5) is 0 Å². The van der Waals surface area contributed by atoms with E-state index in [4.69, 9.17) is 5.11 Å². The molecule has 1 aromatic heterocycles. The number of carbonyl (C=O) groups excluding carboxylic acids is 1. The molecular weight excluding hydrogens is 214 g/mol. The van der Waals surface area contributed by atoms with Gasteiger partial charge in [0.05, 0.1) is 0 Å². The molecule has 0 saturated carbocycles.